The molecule has 0 aromatic rings. The van der Waals surface area contributed by atoms with Gasteiger partial charge in [-0.2, -0.15) is 0 Å². The highest BCUT2D eigenvalue weighted by Crippen LogP contribution is 2.06. The highest BCUT2D eigenvalue weighted by Gasteiger charge is 2.12. The normalized spacial score (nSPS) is 22.5. The van der Waals surface area contributed by atoms with Crippen molar-refractivity contribution >= 4 is 0 Å². The maximum absolute atomic E-state index is 8.72. The average Bonchev–Trinajstić information content (AvgIpc) is 2.06. The van der Waals surface area contributed by atoms with Gasteiger partial charge in [0, 0.05) is 26.2 Å². The molecule has 1 fully saturated rings. The quantitative estimate of drug-likeness (QED) is 0.665. The van der Waals surface area contributed by atoms with Crippen LogP contribution < -0.4 is 0 Å². The van der Waals surface area contributed by atoms with E-state index >= 15 is 0 Å². The summed E-state index contributed by atoms with van der Waals surface area (Å²) in [7, 11) is 0. The van der Waals surface area contributed by atoms with Gasteiger partial charge in [-0.1, -0.05) is 6.92 Å². The van der Waals surface area contributed by atoms with Gasteiger partial charge in [0.2, 0.25) is 0 Å². The van der Waals surface area contributed by atoms with Gasteiger partial charge in [-0.15, -0.1) is 0 Å². The minimum Gasteiger partial charge on any atom is -0.396 e. The third-order valence-corrected chi connectivity index (χ3v) is 2.30. The van der Waals surface area contributed by atoms with Gasteiger partial charge >= 0.3 is 0 Å². The summed E-state index contributed by atoms with van der Waals surface area (Å²) in [4.78, 5) is 2.41. The first kappa shape index (κ1) is 9.96. The van der Waals surface area contributed by atoms with E-state index in [1.807, 2.05) is 0 Å². The van der Waals surface area contributed by atoms with Crippen molar-refractivity contribution < 1.29 is 9.84 Å². The number of ether oxygens (including phenoxy) is 1. The summed E-state index contributed by atoms with van der Waals surface area (Å²) >= 11 is 0. The Hall–Kier alpha value is -0.120. The van der Waals surface area contributed by atoms with Crippen LogP contribution in [0.3, 0.4) is 0 Å². The van der Waals surface area contributed by atoms with E-state index in [0.717, 1.165) is 39.3 Å². The molecular weight excluding hydrogens is 154 g/mol. The van der Waals surface area contributed by atoms with E-state index < -0.39 is 0 Å². The number of aliphatic hydroxyl groups is 1. The second-order valence-electron chi connectivity index (χ2n) is 3.53. The van der Waals surface area contributed by atoms with E-state index in [1.54, 1.807) is 0 Å². The standard InChI is InChI=1S/C9H19NO2/c1-9(2-5-11)8-10-3-6-12-7-4-10/h9,11H,2-8H2,1H3. The lowest BCUT2D eigenvalue weighted by Gasteiger charge is -2.28. The molecule has 3 heteroatoms. The molecule has 0 radical (unpaired) electrons. The van der Waals surface area contributed by atoms with Gasteiger partial charge in [-0.25, -0.2) is 0 Å². The Labute approximate surface area is 74.3 Å². The van der Waals surface area contributed by atoms with Crippen LogP contribution in [0.1, 0.15) is 13.3 Å². The van der Waals surface area contributed by atoms with Crippen LogP contribution in [0.25, 0.3) is 0 Å². The molecule has 3 nitrogen and oxygen atoms in total. The van der Waals surface area contributed by atoms with Crippen LogP contribution in [-0.4, -0.2) is 49.5 Å². The molecule has 1 unspecified atom stereocenters. The minimum absolute atomic E-state index is 0.311. The molecule has 72 valence electrons. The zero-order valence-corrected chi connectivity index (χ0v) is 7.83. The Bertz CT molecular complexity index is 113. The first-order valence-electron chi connectivity index (χ1n) is 4.74. The number of hydrogen-bond acceptors (Lipinski definition) is 3. The van der Waals surface area contributed by atoms with Crippen molar-refractivity contribution in [1.29, 1.82) is 0 Å². The third kappa shape index (κ3) is 3.52. The molecule has 1 saturated heterocycles. The van der Waals surface area contributed by atoms with Crippen molar-refractivity contribution in [3.63, 3.8) is 0 Å². The number of nitrogens with zero attached hydrogens (tertiary/aromatic N) is 1. The van der Waals surface area contributed by atoms with Crippen molar-refractivity contribution in [2.75, 3.05) is 39.5 Å². The molecular formula is C9H19NO2. The lowest BCUT2D eigenvalue weighted by molar-refractivity contribution is 0.0302. The predicted octanol–water partition coefficient (Wildman–Crippen LogP) is 0.337. The van der Waals surface area contributed by atoms with E-state index in [0.29, 0.717) is 12.5 Å². The molecule has 0 aromatic carbocycles. The lowest BCUT2D eigenvalue weighted by Crippen LogP contribution is -2.39. The Morgan fingerprint density at radius 3 is 2.67 bits per heavy atom. The smallest absolute Gasteiger partial charge is 0.0594 e. The highest BCUT2D eigenvalue weighted by molar-refractivity contribution is 4.65. The molecule has 0 saturated carbocycles. The van der Waals surface area contributed by atoms with E-state index in [2.05, 4.69) is 11.8 Å². The summed E-state index contributed by atoms with van der Waals surface area (Å²) in [5.41, 5.74) is 0. The largest absolute Gasteiger partial charge is 0.396 e. The number of rotatable bonds is 4. The molecule has 0 aliphatic carbocycles. The molecule has 1 aliphatic rings. The van der Waals surface area contributed by atoms with E-state index in [9.17, 15) is 0 Å². The number of aliphatic hydroxyl groups excluding tert-OH is 1. The molecule has 1 aliphatic heterocycles. The summed E-state index contributed by atoms with van der Waals surface area (Å²) in [5.74, 6) is 0.605. The molecule has 1 N–H and O–H groups in total. The second-order valence-corrected chi connectivity index (χ2v) is 3.53. The molecule has 0 spiro atoms. The summed E-state index contributed by atoms with van der Waals surface area (Å²) < 4.78 is 5.25. The molecule has 1 atom stereocenters. The lowest BCUT2D eigenvalue weighted by atomic mass is 10.1. The second kappa shape index (κ2) is 5.51. The fourth-order valence-corrected chi connectivity index (χ4v) is 1.54. The molecule has 0 bridgehead atoms. The molecule has 12 heavy (non-hydrogen) atoms. The first-order chi connectivity index (χ1) is 5.83. The van der Waals surface area contributed by atoms with Crippen molar-refractivity contribution in [2.45, 2.75) is 13.3 Å². The van der Waals surface area contributed by atoms with Crippen molar-refractivity contribution in [2.24, 2.45) is 5.92 Å². The Kier molecular flexibility index (Phi) is 4.58. The predicted molar refractivity (Wildman–Crippen MR) is 48.1 cm³/mol. The van der Waals surface area contributed by atoms with Crippen LogP contribution in [0.15, 0.2) is 0 Å². The average molecular weight is 173 g/mol. The Balaban J connectivity index is 2.11. The summed E-state index contributed by atoms with van der Waals surface area (Å²) in [6.07, 6.45) is 0.914. The van der Waals surface area contributed by atoms with Gasteiger partial charge in [-0.05, 0) is 12.3 Å². The van der Waals surface area contributed by atoms with Gasteiger partial charge < -0.3 is 9.84 Å². The summed E-state index contributed by atoms with van der Waals surface area (Å²) in [5, 5.41) is 8.72. The maximum atomic E-state index is 8.72. The maximum Gasteiger partial charge on any atom is 0.0594 e. The van der Waals surface area contributed by atoms with Gasteiger partial charge in [0.1, 0.15) is 0 Å². The van der Waals surface area contributed by atoms with Crippen LogP contribution in [0, 0.1) is 5.92 Å². The van der Waals surface area contributed by atoms with Gasteiger partial charge in [-0.3, -0.25) is 4.90 Å². The van der Waals surface area contributed by atoms with Crippen molar-refractivity contribution in [3.05, 3.63) is 0 Å². The third-order valence-electron chi connectivity index (χ3n) is 2.30. The van der Waals surface area contributed by atoms with Crippen LogP contribution in [0.5, 0.6) is 0 Å². The highest BCUT2D eigenvalue weighted by atomic mass is 16.5. The molecule has 1 rings (SSSR count). The van der Waals surface area contributed by atoms with Gasteiger partial charge in [0.25, 0.3) is 0 Å². The van der Waals surface area contributed by atoms with Crippen LogP contribution in [-0.2, 0) is 4.74 Å². The number of hydrogen-bond donors (Lipinski definition) is 1. The van der Waals surface area contributed by atoms with E-state index in [1.165, 1.54) is 0 Å². The van der Waals surface area contributed by atoms with Crippen LogP contribution >= 0.6 is 0 Å². The van der Waals surface area contributed by atoms with E-state index in [-0.39, 0.29) is 0 Å². The zero-order chi connectivity index (χ0) is 8.81. The molecule has 0 aromatic heterocycles. The Morgan fingerprint density at radius 2 is 2.08 bits per heavy atom. The van der Waals surface area contributed by atoms with E-state index in [4.69, 9.17) is 9.84 Å². The minimum atomic E-state index is 0.311. The summed E-state index contributed by atoms with van der Waals surface area (Å²) in [6, 6.07) is 0. The first-order valence-corrected chi connectivity index (χ1v) is 4.74. The fraction of sp³-hybridized carbons (Fsp3) is 1.00. The molecule has 1 heterocycles. The van der Waals surface area contributed by atoms with Gasteiger partial charge in [0.05, 0.1) is 13.2 Å². The van der Waals surface area contributed by atoms with Crippen molar-refractivity contribution in [1.82, 2.24) is 4.90 Å². The van der Waals surface area contributed by atoms with Gasteiger partial charge in [0.15, 0.2) is 0 Å². The number of morpholine rings is 1. The van der Waals surface area contributed by atoms with Crippen LogP contribution in [0.2, 0.25) is 0 Å². The fourth-order valence-electron chi connectivity index (χ4n) is 1.54. The molecule has 0 amide bonds. The van der Waals surface area contributed by atoms with Crippen LogP contribution in [0.4, 0.5) is 0 Å². The van der Waals surface area contributed by atoms with Crippen molar-refractivity contribution in [3.8, 4) is 0 Å². The summed E-state index contributed by atoms with van der Waals surface area (Å²) in [6.45, 7) is 7.43. The Morgan fingerprint density at radius 1 is 1.42 bits per heavy atom. The monoisotopic (exact) mass is 173 g/mol. The topological polar surface area (TPSA) is 32.7 Å². The SMILES string of the molecule is CC(CCO)CN1CCOCC1. The zero-order valence-electron chi connectivity index (χ0n) is 7.83.